The van der Waals surface area contributed by atoms with E-state index >= 15 is 0 Å². The topological polar surface area (TPSA) is 37.3 Å². The molecule has 2 heteroatoms. The zero-order valence-electron chi connectivity index (χ0n) is 9.91. The van der Waals surface area contributed by atoms with E-state index in [9.17, 15) is 9.90 Å². The Kier molecular flexibility index (Phi) is 3.29. The van der Waals surface area contributed by atoms with Crippen molar-refractivity contribution in [1.82, 2.24) is 0 Å². The number of ketones is 1. The van der Waals surface area contributed by atoms with Crippen LogP contribution in [0.2, 0.25) is 0 Å². The maximum atomic E-state index is 11.2. The molecule has 88 valence electrons. The van der Waals surface area contributed by atoms with Crippen molar-refractivity contribution in [3.05, 3.63) is 23.8 Å². The Morgan fingerprint density at radius 1 is 1.31 bits per heavy atom. The fourth-order valence-electron chi connectivity index (χ4n) is 2.79. The van der Waals surface area contributed by atoms with Crippen LogP contribution in [0.3, 0.4) is 0 Å². The highest BCUT2D eigenvalue weighted by molar-refractivity contribution is 5.79. The lowest BCUT2D eigenvalue weighted by atomic mass is 9.72. The van der Waals surface area contributed by atoms with E-state index in [1.807, 2.05) is 19.1 Å². The SMILES string of the molecule is CC(O)(C1=CC=CCC1)C1CCC(=O)CC1. The van der Waals surface area contributed by atoms with Gasteiger partial charge >= 0.3 is 0 Å². The molecule has 1 saturated carbocycles. The second-order valence-corrected chi connectivity index (χ2v) is 5.12. The van der Waals surface area contributed by atoms with Crippen molar-refractivity contribution < 1.29 is 9.90 Å². The molecule has 0 aromatic rings. The fourth-order valence-corrected chi connectivity index (χ4v) is 2.79. The van der Waals surface area contributed by atoms with Gasteiger partial charge in [-0.1, -0.05) is 18.2 Å². The smallest absolute Gasteiger partial charge is 0.132 e. The first kappa shape index (κ1) is 11.6. The monoisotopic (exact) mass is 220 g/mol. The van der Waals surface area contributed by atoms with Crippen molar-refractivity contribution in [2.24, 2.45) is 5.92 Å². The number of carbonyl (C=O) groups excluding carboxylic acids is 1. The van der Waals surface area contributed by atoms with Crippen LogP contribution in [0, 0.1) is 5.92 Å². The average molecular weight is 220 g/mol. The number of aliphatic hydroxyl groups is 1. The lowest BCUT2D eigenvalue weighted by Gasteiger charge is -2.37. The number of rotatable bonds is 2. The minimum Gasteiger partial charge on any atom is -0.386 e. The van der Waals surface area contributed by atoms with Crippen molar-refractivity contribution in [2.45, 2.75) is 51.0 Å². The number of Topliss-reactive ketones (excluding diaryl/α,β-unsaturated/α-hetero) is 1. The van der Waals surface area contributed by atoms with Gasteiger partial charge in [0.15, 0.2) is 0 Å². The maximum absolute atomic E-state index is 11.2. The molecule has 2 aliphatic carbocycles. The summed E-state index contributed by atoms with van der Waals surface area (Å²) in [5.41, 5.74) is 0.417. The normalized spacial score (nSPS) is 26.4. The third kappa shape index (κ3) is 2.27. The van der Waals surface area contributed by atoms with E-state index in [2.05, 4.69) is 6.08 Å². The molecular weight excluding hydrogens is 200 g/mol. The summed E-state index contributed by atoms with van der Waals surface area (Å²) in [6.07, 6.45) is 11.1. The second kappa shape index (κ2) is 4.54. The molecule has 0 aromatic heterocycles. The van der Waals surface area contributed by atoms with Gasteiger partial charge < -0.3 is 5.11 Å². The van der Waals surface area contributed by atoms with Gasteiger partial charge in [-0.2, -0.15) is 0 Å². The van der Waals surface area contributed by atoms with Crippen LogP contribution < -0.4 is 0 Å². The van der Waals surface area contributed by atoms with Gasteiger partial charge in [-0.05, 0) is 44.1 Å². The zero-order valence-corrected chi connectivity index (χ0v) is 9.91. The van der Waals surface area contributed by atoms with Gasteiger partial charge in [-0.15, -0.1) is 0 Å². The lowest BCUT2D eigenvalue weighted by molar-refractivity contribution is -0.122. The summed E-state index contributed by atoms with van der Waals surface area (Å²) in [5, 5.41) is 10.6. The van der Waals surface area contributed by atoms with Crippen molar-refractivity contribution in [3.8, 4) is 0 Å². The van der Waals surface area contributed by atoms with Crippen LogP contribution in [0.15, 0.2) is 23.8 Å². The number of hydrogen-bond donors (Lipinski definition) is 1. The Morgan fingerprint density at radius 2 is 2.00 bits per heavy atom. The number of carbonyl (C=O) groups is 1. The minimum absolute atomic E-state index is 0.253. The molecule has 0 spiro atoms. The maximum Gasteiger partial charge on any atom is 0.132 e. The number of allylic oxidation sites excluding steroid dienone is 3. The Balaban J connectivity index is 2.09. The molecule has 2 nitrogen and oxygen atoms in total. The lowest BCUT2D eigenvalue weighted by Crippen LogP contribution is -2.39. The van der Waals surface area contributed by atoms with E-state index in [0.717, 1.165) is 31.3 Å². The molecule has 1 fully saturated rings. The van der Waals surface area contributed by atoms with Gasteiger partial charge in [0.2, 0.25) is 0 Å². The summed E-state index contributed by atoms with van der Waals surface area (Å²) in [6, 6.07) is 0. The molecule has 0 bridgehead atoms. The molecule has 0 amide bonds. The van der Waals surface area contributed by atoms with E-state index < -0.39 is 5.60 Å². The van der Waals surface area contributed by atoms with Crippen LogP contribution in [-0.4, -0.2) is 16.5 Å². The Morgan fingerprint density at radius 3 is 2.56 bits per heavy atom. The van der Waals surface area contributed by atoms with E-state index in [0.29, 0.717) is 18.6 Å². The predicted molar refractivity (Wildman–Crippen MR) is 64.0 cm³/mol. The molecular formula is C14H20O2. The van der Waals surface area contributed by atoms with E-state index in [4.69, 9.17) is 0 Å². The van der Waals surface area contributed by atoms with Gasteiger partial charge in [0, 0.05) is 12.8 Å². The van der Waals surface area contributed by atoms with Crippen LogP contribution in [-0.2, 0) is 4.79 Å². The summed E-state index contributed by atoms with van der Waals surface area (Å²) in [4.78, 5) is 11.2. The third-order valence-electron chi connectivity index (χ3n) is 4.00. The molecule has 2 rings (SSSR count). The van der Waals surface area contributed by atoms with Crippen molar-refractivity contribution in [3.63, 3.8) is 0 Å². The van der Waals surface area contributed by atoms with Gasteiger partial charge in [0.25, 0.3) is 0 Å². The van der Waals surface area contributed by atoms with Crippen molar-refractivity contribution in [1.29, 1.82) is 0 Å². The molecule has 0 aliphatic heterocycles. The highest BCUT2D eigenvalue weighted by Crippen LogP contribution is 2.38. The standard InChI is InChI=1S/C14H20O2/c1-14(16,11-5-3-2-4-6-11)12-7-9-13(15)10-8-12/h2-3,5,12,16H,4,6-10H2,1H3. The Bertz CT molecular complexity index is 327. The first-order valence-corrected chi connectivity index (χ1v) is 6.21. The highest BCUT2D eigenvalue weighted by atomic mass is 16.3. The van der Waals surface area contributed by atoms with E-state index in [-0.39, 0.29) is 5.92 Å². The summed E-state index contributed by atoms with van der Waals surface area (Å²) in [5.74, 6) is 0.604. The first-order valence-electron chi connectivity index (χ1n) is 6.21. The molecule has 0 saturated heterocycles. The Labute approximate surface area is 97.0 Å². The van der Waals surface area contributed by atoms with E-state index in [1.54, 1.807) is 0 Å². The minimum atomic E-state index is -0.717. The quantitative estimate of drug-likeness (QED) is 0.777. The molecule has 1 unspecified atom stereocenters. The largest absolute Gasteiger partial charge is 0.386 e. The summed E-state index contributed by atoms with van der Waals surface area (Å²) in [7, 11) is 0. The molecule has 0 heterocycles. The van der Waals surface area contributed by atoms with Gasteiger partial charge in [-0.25, -0.2) is 0 Å². The fraction of sp³-hybridized carbons (Fsp3) is 0.643. The molecule has 0 aromatic carbocycles. The van der Waals surface area contributed by atoms with Crippen LogP contribution in [0.5, 0.6) is 0 Å². The molecule has 1 N–H and O–H groups in total. The van der Waals surface area contributed by atoms with E-state index in [1.165, 1.54) is 0 Å². The van der Waals surface area contributed by atoms with Crippen LogP contribution >= 0.6 is 0 Å². The number of hydrogen-bond acceptors (Lipinski definition) is 2. The molecule has 1 atom stereocenters. The Hall–Kier alpha value is -0.890. The highest BCUT2D eigenvalue weighted by Gasteiger charge is 2.37. The van der Waals surface area contributed by atoms with Crippen LogP contribution in [0.1, 0.15) is 45.4 Å². The van der Waals surface area contributed by atoms with Crippen molar-refractivity contribution >= 4 is 5.78 Å². The second-order valence-electron chi connectivity index (χ2n) is 5.12. The molecule has 0 radical (unpaired) electrons. The van der Waals surface area contributed by atoms with Crippen LogP contribution in [0.4, 0.5) is 0 Å². The third-order valence-corrected chi connectivity index (χ3v) is 4.00. The predicted octanol–water partition coefficient (Wildman–Crippen LogP) is 2.77. The molecule has 16 heavy (non-hydrogen) atoms. The zero-order chi connectivity index (χ0) is 11.6. The summed E-state index contributed by atoms with van der Waals surface area (Å²) < 4.78 is 0. The van der Waals surface area contributed by atoms with Crippen molar-refractivity contribution in [2.75, 3.05) is 0 Å². The average Bonchev–Trinajstić information content (AvgIpc) is 2.31. The van der Waals surface area contributed by atoms with Gasteiger partial charge in [0.1, 0.15) is 5.78 Å². The summed E-state index contributed by atoms with van der Waals surface area (Å²) >= 11 is 0. The first-order chi connectivity index (χ1) is 7.60. The molecule has 2 aliphatic rings. The van der Waals surface area contributed by atoms with Crippen LogP contribution in [0.25, 0.3) is 0 Å². The van der Waals surface area contributed by atoms with Gasteiger partial charge in [-0.3, -0.25) is 4.79 Å². The van der Waals surface area contributed by atoms with Gasteiger partial charge in [0.05, 0.1) is 5.60 Å². The summed E-state index contributed by atoms with van der Waals surface area (Å²) in [6.45, 7) is 1.92.